The van der Waals surface area contributed by atoms with E-state index in [1.807, 2.05) is 12.1 Å². The molecule has 0 bridgehead atoms. The van der Waals surface area contributed by atoms with Crippen LogP contribution in [0.15, 0.2) is 36.4 Å². The molecule has 17 heavy (non-hydrogen) atoms. The van der Waals surface area contributed by atoms with Gasteiger partial charge in [0, 0.05) is 21.7 Å². The summed E-state index contributed by atoms with van der Waals surface area (Å²) in [7, 11) is 0. The molecule has 1 aromatic heterocycles. The highest BCUT2D eigenvalue weighted by atomic mass is 32.1. The zero-order chi connectivity index (χ0) is 12.5. The molecule has 2 aromatic rings. The predicted octanol–water partition coefficient (Wildman–Crippen LogP) is 3.79. The van der Waals surface area contributed by atoms with Gasteiger partial charge in [-0.3, -0.25) is 0 Å². The van der Waals surface area contributed by atoms with Gasteiger partial charge in [0.25, 0.3) is 0 Å². The van der Waals surface area contributed by atoms with E-state index >= 15 is 0 Å². The standard InChI is InChI=1S/C14H16FNS/c1-14(2,9-16)13-7-6-12(17-13)10-4-3-5-11(15)8-10/h3-8H,9,16H2,1-2H3. The SMILES string of the molecule is CC(C)(CN)c1ccc(-c2cccc(F)c2)s1. The highest BCUT2D eigenvalue weighted by molar-refractivity contribution is 7.15. The molecule has 0 aliphatic rings. The number of hydrogen-bond acceptors (Lipinski definition) is 2. The van der Waals surface area contributed by atoms with E-state index in [-0.39, 0.29) is 11.2 Å². The summed E-state index contributed by atoms with van der Waals surface area (Å²) in [6, 6.07) is 10.8. The van der Waals surface area contributed by atoms with E-state index in [0.717, 1.165) is 10.4 Å². The zero-order valence-corrected chi connectivity index (χ0v) is 10.9. The van der Waals surface area contributed by atoms with E-state index in [9.17, 15) is 4.39 Å². The van der Waals surface area contributed by atoms with E-state index in [4.69, 9.17) is 5.73 Å². The van der Waals surface area contributed by atoms with Crippen molar-refractivity contribution in [2.45, 2.75) is 19.3 Å². The first-order chi connectivity index (χ1) is 8.03. The van der Waals surface area contributed by atoms with Crippen LogP contribution >= 0.6 is 11.3 Å². The minimum atomic E-state index is -0.199. The fraction of sp³-hybridized carbons (Fsp3) is 0.286. The van der Waals surface area contributed by atoms with Crippen molar-refractivity contribution in [3.05, 3.63) is 47.1 Å². The smallest absolute Gasteiger partial charge is 0.123 e. The Kier molecular flexibility index (Phi) is 3.31. The number of thiophene rings is 1. The highest BCUT2D eigenvalue weighted by Gasteiger charge is 2.20. The van der Waals surface area contributed by atoms with Gasteiger partial charge in [0.05, 0.1) is 0 Å². The van der Waals surface area contributed by atoms with Gasteiger partial charge in [0.2, 0.25) is 0 Å². The van der Waals surface area contributed by atoms with Crippen LogP contribution < -0.4 is 5.73 Å². The zero-order valence-electron chi connectivity index (χ0n) is 10.0. The fourth-order valence-corrected chi connectivity index (χ4v) is 2.71. The van der Waals surface area contributed by atoms with E-state index in [1.165, 1.54) is 10.9 Å². The van der Waals surface area contributed by atoms with E-state index in [2.05, 4.69) is 19.9 Å². The number of benzene rings is 1. The summed E-state index contributed by atoms with van der Waals surface area (Å²) in [6.45, 7) is 4.85. The number of nitrogens with two attached hydrogens (primary N) is 1. The summed E-state index contributed by atoms with van der Waals surface area (Å²) in [5, 5.41) is 0. The summed E-state index contributed by atoms with van der Waals surface area (Å²) in [5.41, 5.74) is 6.66. The molecule has 2 N–H and O–H groups in total. The Morgan fingerprint density at radius 2 is 2.00 bits per heavy atom. The molecule has 0 atom stereocenters. The molecule has 0 spiro atoms. The van der Waals surface area contributed by atoms with Gasteiger partial charge < -0.3 is 5.73 Å². The molecule has 0 saturated carbocycles. The molecule has 90 valence electrons. The largest absolute Gasteiger partial charge is 0.330 e. The van der Waals surface area contributed by atoms with Crippen LogP contribution in [0.2, 0.25) is 0 Å². The third-order valence-electron chi connectivity index (χ3n) is 2.89. The molecule has 1 heterocycles. The van der Waals surface area contributed by atoms with Crippen LogP contribution in [-0.2, 0) is 5.41 Å². The summed E-state index contributed by atoms with van der Waals surface area (Å²) in [5.74, 6) is -0.199. The lowest BCUT2D eigenvalue weighted by molar-refractivity contribution is 0.550. The fourth-order valence-electron chi connectivity index (χ4n) is 1.60. The van der Waals surface area contributed by atoms with Crippen molar-refractivity contribution in [1.82, 2.24) is 0 Å². The van der Waals surface area contributed by atoms with Gasteiger partial charge in [-0.2, -0.15) is 0 Å². The number of rotatable bonds is 3. The Bertz CT molecular complexity index is 516. The molecule has 0 unspecified atom stereocenters. The minimum Gasteiger partial charge on any atom is -0.330 e. The van der Waals surface area contributed by atoms with E-state index in [1.54, 1.807) is 23.5 Å². The van der Waals surface area contributed by atoms with Gasteiger partial charge in [-0.25, -0.2) is 4.39 Å². The highest BCUT2D eigenvalue weighted by Crippen LogP contribution is 2.34. The second-order valence-corrected chi connectivity index (χ2v) is 5.85. The summed E-state index contributed by atoms with van der Waals surface area (Å²) in [6.07, 6.45) is 0. The van der Waals surface area contributed by atoms with Crippen molar-refractivity contribution in [3.63, 3.8) is 0 Å². The van der Waals surface area contributed by atoms with Crippen LogP contribution in [0.5, 0.6) is 0 Å². The van der Waals surface area contributed by atoms with E-state index < -0.39 is 0 Å². The van der Waals surface area contributed by atoms with Crippen LogP contribution in [0.3, 0.4) is 0 Å². The molecular weight excluding hydrogens is 233 g/mol. The van der Waals surface area contributed by atoms with Gasteiger partial charge in [0.15, 0.2) is 0 Å². The summed E-state index contributed by atoms with van der Waals surface area (Å²) >= 11 is 1.68. The van der Waals surface area contributed by atoms with Crippen LogP contribution in [-0.4, -0.2) is 6.54 Å². The molecule has 0 fully saturated rings. The maximum atomic E-state index is 13.1. The third kappa shape index (κ3) is 2.56. The van der Waals surface area contributed by atoms with Gasteiger partial charge in [0.1, 0.15) is 5.82 Å². The van der Waals surface area contributed by atoms with Crippen molar-refractivity contribution < 1.29 is 4.39 Å². The average molecular weight is 249 g/mol. The molecule has 2 rings (SSSR count). The first-order valence-electron chi connectivity index (χ1n) is 5.59. The molecular formula is C14H16FNS. The molecule has 3 heteroatoms. The molecule has 0 aliphatic carbocycles. The molecule has 1 nitrogen and oxygen atoms in total. The van der Waals surface area contributed by atoms with Crippen molar-refractivity contribution >= 4 is 11.3 Å². The lowest BCUT2D eigenvalue weighted by Gasteiger charge is -2.20. The van der Waals surface area contributed by atoms with Crippen molar-refractivity contribution in [1.29, 1.82) is 0 Å². The Hall–Kier alpha value is -1.19. The van der Waals surface area contributed by atoms with Crippen LogP contribution in [0, 0.1) is 5.82 Å². The van der Waals surface area contributed by atoms with Crippen LogP contribution in [0.1, 0.15) is 18.7 Å². The van der Waals surface area contributed by atoms with Gasteiger partial charge in [-0.1, -0.05) is 26.0 Å². The first kappa shape index (κ1) is 12.3. The van der Waals surface area contributed by atoms with Crippen molar-refractivity contribution in [2.75, 3.05) is 6.54 Å². The van der Waals surface area contributed by atoms with Gasteiger partial charge >= 0.3 is 0 Å². The Labute approximate surface area is 105 Å². The molecule has 0 aliphatic heterocycles. The molecule has 1 aromatic carbocycles. The maximum Gasteiger partial charge on any atom is 0.123 e. The first-order valence-corrected chi connectivity index (χ1v) is 6.41. The lowest BCUT2D eigenvalue weighted by atomic mass is 9.92. The minimum absolute atomic E-state index is 0.0176. The van der Waals surface area contributed by atoms with Crippen molar-refractivity contribution in [3.8, 4) is 10.4 Å². The molecule has 0 radical (unpaired) electrons. The number of hydrogen-bond donors (Lipinski definition) is 1. The average Bonchev–Trinajstić information content (AvgIpc) is 2.79. The summed E-state index contributed by atoms with van der Waals surface area (Å²) < 4.78 is 13.1. The summed E-state index contributed by atoms with van der Waals surface area (Å²) in [4.78, 5) is 2.32. The Morgan fingerprint density at radius 1 is 1.24 bits per heavy atom. The Morgan fingerprint density at radius 3 is 2.65 bits per heavy atom. The maximum absolute atomic E-state index is 13.1. The lowest BCUT2D eigenvalue weighted by Crippen LogP contribution is -2.26. The molecule has 0 saturated heterocycles. The van der Waals surface area contributed by atoms with Gasteiger partial charge in [-0.05, 0) is 29.8 Å². The van der Waals surface area contributed by atoms with E-state index in [0.29, 0.717) is 6.54 Å². The normalized spacial score (nSPS) is 11.8. The monoisotopic (exact) mass is 249 g/mol. The predicted molar refractivity (Wildman–Crippen MR) is 71.8 cm³/mol. The van der Waals surface area contributed by atoms with Crippen LogP contribution in [0.25, 0.3) is 10.4 Å². The van der Waals surface area contributed by atoms with Crippen LogP contribution in [0.4, 0.5) is 4.39 Å². The molecule has 0 amide bonds. The topological polar surface area (TPSA) is 26.0 Å². The second-order valence-electron chi connectivity index (χ2n) is 4.76. The van der Waals surface area contributed by atoms with Crippen molar-refractivity contribution in [2.24, 2.45) is 5.73 Å². The Balaban J connectivity index is 2.36. The number of halogens is 1. The quantitative estimate of drug-likeness (QED) is 0.880. The third-order valence-corrected chi connectivity index (χ3v) is 4.39. The van der Waals surface area contributed by atoms with Gasteiger partial charge in [-0.15, -0.1) is 11.3 Å². The second kappa shape index (κ2) is 4.59.